The highest BCUT2D eigenvalue weighted by Gasteiger charge is 2.42. The van der Waals surface area contributed by atoms with Gasteiger partial charge in [0.1, 0.15) is 17.9 Å². The molecule has 5 rings (SSSR count). The van der Waals surface area contributed by atoms with Gasteiger partial charge in [0.15, 0.2) is 0 Å². The van der Waals surface area contributed by atoms with Gasteiger partial charge in [0.25, 0.3) is 17.0 Å². The number of amides is 2. The van der Waals surface area contributed by atoms with Crippen LogP contribution < -0.4 is 16.4 Å². The zero-order valence-electron chi connectivity index (χ0n) is 20.4. The molecule has 2 aliphatic heterocycles. The predicted molar refractivity (Wildman–Crippen MR) is 131 cm³/mol. The standard InChI is InChI=1S/C25H30N6O5/c1-16-19(14-31-21(16)23(34)26-15-27-31)22(33)28-18-6-12-36-25(13-18)7-10-29(11-8-25)24(35)17(2)30-9-4-3-5-20(30)32/h3-5,9,14-15,17-18H,6-8,10-13H2,1-2H3,(H,28,33)(H,26,27,34). The van der Waals surface area contributed by atoms with E-state index < -0.39 is 11.6 Å². The molecule has 3 aromatic heterocycles. The Hall–Kier alpha value is -3.73. The van der Waals surface area contributed by atoms with Crippen molar-refractivity contribution < 1.29 is 14.3 Å². The lowest BCUT2D eigenvalue weighted by molar-refractivity contribution is -0.147. The van der Waals surface area contributed by atoms with Crippen molar-refractivity contribution in [2.24, 2.45) is 0 Å². The quantitative estimate of drug-likeness (QED) is 0.557. The summed E-state index contributed by atoms with van der Waals surface area (Å²) in [6, 6.07) is 4.20. The Kier molecular flexibility index (Phi) is 6.25. The molecule has 2 atom stereocenters. The van der Waals surface area contributed by atoms with Crippen LogP contribution in [0, 0.1) is 6.92 Å². The fourth-order valence-corrected chi connectivity index (χ4v) is 5.44. The number of carbonyl (C=O) groups excluding carboxylic acids is 2. The highest BCUT2D eigenvalue weighted by molar-refractivity contribution is 5.97. The first-order chi connectivity index (χ1) is 17.3. The Balaban J connectivity index is 1.22. The number of aromatic amines is 1. The largest absolute Gasteiger partial charge is 0.375 e. The van der Waals surface area contributed by atoms with Crippen molar-refractivity contribution in [2.45, 2.75) is 57.2 Å². The summed E-state index contributed by atoms with van der Waals surface area (Å²) in [6.07, 6.45) is 7.18. The monoisotopic (exact) mass is 494 g/mol. The van der Waals surface area contributed by atoms with E-state index in [1.165, 1.54) is 21.5 Å². The molecule has 2 amide bonds. The molecule has 3 aromatic rings. The molecule has 0 aliphatic carbocycles. The van der Waals surface area contributed by atoms with Crippen LogP contribution in [0.15, 0.2) is 46.5 Å². The zero-order chi connectivity index (χ0) is 25.4. The van der Waals surface area contributed by atoms with Crippen LogP contribution in [0.25, 0.3) is 5.52 Å². The third kappa shape index (κ3) is 4.34. The second-order valence-electron chi connectivity index (χ2n) is 9.72. The number of hydrogen-bond donors (Lipinski definition) is 2. The first-order valence-electron chi connectivity index (χ1n) is 12.2. The molecule has 0 aromatic carbocycles. The molecule has 0 saturated carbocycles. The minimum absolute atomic E-state index is 0.0797. The second kappa shape index (κ2) is 9.38. The SMILES string of the molecule is Cc1c(C(=O)NC2CCOC3(CCN(C(=O)C(C)n4ccccc4=O)CC3)C2)cn2nc[nH]c(=O)c12. The van der Waals surface area contributed by atoms with Crippen LogP contribution in [0.4, 0.5) is 0 Å². The van der Waals surface area contributed by atoms with Gasteiger partial charge in [0, 0.05) is 44.2 Å². The van der Waals surface area contributed by atoms with Gasteiger partial charge >= 0.3 is 0 Å². The van der Waals surface area contributed by atoms with Gasteiger partial charge in [-0.3, -0.25) is 19.2 Å². The van der Waals surface area contributed by atoms with Gasteiger partial charge in [-0.05, 0) is 51.2 Å². The minimum Gasteiger partial charge on any atom is -0.375 e. The van der Waals surface area contributed by atoms with E-state index in [1.807, 2.05) is 0 Å². The van der Waals surface area contributed by atoms with Crippen molar-refractivity contribution >= 4 is 17.3 Å². The molecule has 5 heterocycles. The number of nitrogens with zero attached hydrogens (tertiary/aromatic N) is 4. The highest BCUT2D eigenvalue weighted by Crippen LogP contribution is 2.35. The topological polar surface area (TPSA) is 131 Å². The van der Waals surface area contributed by atoms with Crippen LogP contribution in [0.2, 0.25) is 0 Å². The van der Waals surface area contributed by atoms with Crippen molar-refractivity contribution in [3.63, 3.8) is 0 Å². The second-order valence-corrected chi connectivity index (χ2v) is 9.72. The number of likely N-dealkylation sites (tertiary alicyclic amines) is 1. The molecule has 36 heavy (non-hydrogen) atoms. The number of nitrogens with one attached hydrogen (secondary N) is 2. The number of fused-ring (bicyclic) bond motifs is 1. The molecule has 1 spiro atoms. The molecule has 2 unspecified atom stereocenters. The van der Waals surface area contributed by atoms with E-state index in [4.69, 9.17) is 4.74 Å². The summed E-state index contributed by atoms with van der Waals surface area (Å²) in [5, 5.41) is 7.21. The fraction of sp³-hybridized carbons (Fsp3) is 0.480. The van der Waals surface area contributed by atoms with Crippen molar-refractivity contribution in [2.75, 3.05) is 19.7 Å². The minimum atomic E-state index is -0.574. The Bertz CT molecular complexity index is 1410. The van der Waals surface area contributed by atoms with E-state index in [1.54, 1.807) is 43.3 Å². The lowest BCUT2D eigenvalue weighted by Gasteiger charge is -2.46. The summed E-state index contributed by atoms with van der Waals surface area (Å²) in [6.45, 7) is 5.07. The van der Waals surface area contributed by atoms with E-state index in [9.17, 15) is 19.2 Å². The molecular formula is C25H30N6O5. The first kappa shape index (κ1) is 24.0. The third-order valence-electron chi connectivity index (χ3n) is 7.52. The molecule has 190 valence electrons. The number of H-pyrrole nitrogens is 1. The summed E-state index contributed by atoms with van der Waals surface area (Å²) in [7, 11) is 0. The number of ether oxygens (including phenoxy) is 1. The Morgan fingerprint density at radius 2 is 2.03 bits per heavy atom. The molecule has 11 heteroatoms. The number of pyridine rings is 1. The van der Waals surface area contributed by atoms with Crippen LogP contribution in [-0.4, -0.2) is 67.2 Å². The van der Waals surface area contributed by atoms with Crippen LogP contribution in [-0.2, 0) is 9.53 Å². The zero-order valence-corrected chi connectivity index (χ0v) is 20.4. The van der Waals surface area contributed by atoms with Crippen LogP contribution in [0.5, 0.6) is 0 Å². The number of aromatic nitrogens is 4. The average molecular weight is 495 g/mol. The van der Waals surface area contributed by atoms with Crippen molar-refractivity contribution in [3.8, 4) is 0 Å². The molecular weight excluding hydrogens is 464 g/mol. The van der Waals surface area contributed by atoms with E-state index in [0.29, 0.717) is 62.0 Å². The number of piperidine rings is 1. The third-order valence-corrected chi connectivity index (χ3v) is 7.52. The summed E-state index contributed by atoms with van der Waals surface area (Å²) in [5.74, 6) is -0.326. The summed E-state index contributed by atoms with van der Waals surface area (Å²) in [4.78, 5) is 54.7. The molecule has 0 radical (unpaired) electrons. The summed E-state index contributed by atoms with van der Waals surface area (Å²) < 4.78 is 9.07. The lowest BCUT2D eigenvalue weighted by atomic mass is 9.82. The Morgan fingerprint density at radius 3 is 2.75 bits per heavy atom. The molecule has 2 fully saturated rings. The maximum Gasteiger partial charge on any atom is 0.275 e. The van der Waals surface area contributed by atoms with Crippen LogP contribution in [0.3, 0.4) is 0 Å². The van der Waals surface area contributed by atoms with Crippen molar-refractivity contribution in [3.05, 3.63) is 68.8 Å². The van der Waals surface area contributed by atoms with Gasteiger partial charge in [-0.15, -0.1) is 0 Å². The molecule has 2 aliphatic rings. The number of aryl methyl sites for hydroxylation is 1. The normalized spacial score (nSPS) is 20.4. The van der Waals surface area contributed by atoms with Gasteiger partial charge in [0.2, 0.25) is 5.91 Å². The van der Waals surface area contributed by atoms with E-state index in [2.05, 4.69) is 15.4 Å². The van der Waals surface area contributed by atoms with Gasteiger partial charge in [-0.25, -0.2) is 4.52 Å². The maximum atomic E-state index is 13.1. The summed E-state index contributed by atoms with van der Waals surface area (Å²) >= 11 is 0. The molecule has 2 N–H and O–H groups in total. The lowest BCUT2D eigenvalue weighted by Crippen LogP contribution is -2.55. The number of carbonyl (C=O) groups is 2. The predicted octanol–water partition coefficient (Wildman–Crippen LogP) is 1.02. The van der Waals surface area contributed by atoms with Crippen LogP contribution >= 0.6 is 0 Å². The maximum absolute atomic E-state index is 13.1. The van der Waals surface area contributed by atoms with Gasteiger partial charge in [0.05, 0.1) is 11.2 Å². The summed E-state index contributed by atoms with van der Waals surface area (Å²) in [5.41, 5.74) is 0.466. The van der Waals surface area contributed by atoms with Gasteiger partial charge in [-0.2, -0.15) is 5.10 Å². The molecule has 11 nitrogen and oxygen atoms in total. The van der Waals surface area contributed by atoms with Crippen molar-refractivity contribution in [1.82, 2.24) is 29.4 Å². The number of hydrogen-bond acceptors (Lipinski definition) is 6. The Morgan fingerprint density at radius 1 is 1.25 bits per heavy atom. The molecule has 0 bridgehead atoms. The van der Waals surface area contributed by atoms with Crippen LogP contribution in [0.1, 0.15) is 54.6 Å². The van der Waals surface area contributed by atoms with E-state index in [0.717, 1.165) is 0 Å². The first-order valence-corrected chi connectivity index (χ1v) is 12.2. The number of rotatable bonds is 4. The highest BCUT2D eigenvalue weighted by atomic mass is 16.5. The molecule has 2 saturated heterocycles. The Labute approximate surface area is 207 Å². The van der Waals surface area contributed by atoms with Crippen molar-refractivity contribution in [1.29, 1.82) is 0 Å². The smallest absolute Gasteiger partial charge is 0.275 e. The van der Waals surface area contributed by atoms with E-state index in [-0.39, 0.29) is 29.0 Å². The van der Waals surface area contributed by atoms with Gasteiger partial charge < -0.3 is 24.5 Å². The van der Waals surface area contributed by atoms with E-state index >= 15 is 0 Å². The average Bonchev–Trinajstić information content (AvgIpc) is 3.22. The fourth-order valence-electron chi connectivity index (χ4n) is 5.44. The van der Waals surface area contributed by atoms with Gasteiger partial charge in [-0.1, -0.05) is 6.07 Å².